The number of amides is 2. The summed E-state index contributed by atoms with van der Waals surface area (Å²) in [5, 5.41) is 0. The number of fused-ring (bicyclic) bond motifs is 1. The molecule has 1 saturated heterocycles. The van der Waals surface area contributed by atoms with E-state index in [9.17, 15) is 9.59 Å². The first-order valence-electron chi connectivity index (χ1n) is 10.7. The molecule has 2 heterocycles. The first kappa shape index (κ1) is 20.9. The lowest BCUT2D eigenvalue weighted by atomic mass is 10.1. The molecule has 3 aromatic rings. The maximum atomic E-state index is 12.9. The number of methoxy groups -OCH3 is 1. The number of para-hydroxylation sites is 2. The van der Waals surface area contributed by atoms with Gasteiger partial charge in [-0.3, -0.25) is 9.59 Å². The van der Waals surface area contributed by atoms with Crippen LogP contribution < -0.4 is 9.64 Å². The van der Waals surface area contributed by atoms with Gasteiger partial charge in [-0.15, -0.1) is 0 Å². The number of imidazole rings is 1. The quantitative estimate of drug-likeness (QED) is 0.587. The maximum absolute atomic E-state index is 12.9. The molecule has 2 amide bonds. The van der Waals surface area contributed by atoms with Gasteiger partial charge in [0.1, 0.15) is 18.1 Å². The lowest BCUT2D eigenvalue weighted by Gasteiger charge is -2.21. The number of hydrogen-bond donors (Lipinski definition) is 0. The summed E-state index contributed by atoms with van der Waals surface area (Å²) in [7, 11) is 1.62. The van der Waals surface area contributed by atoms with Crippen LogP contribution in [0.2, 0.25) is 0 Å². The SMILES string of the molecule is CCN(CC)C(=O)Cn1c([C@H]2CC(=O)N(c3ccc(OC)cc3)C2)nc2ccccc21. The van der Waals surface area contributed by atoms with Crippen LogP contribution in [0.5, 0.6) is 5.75 Å². The van der Waals surface area contributed by atoms with Crippen LogP contribution in [0.15, 0.2) is 48.5 Å². The predicted molar refractivity (Wildman–Crippen MR) is 120 cm³/mol. The molecule has 7 heteroatoms. The zero-order valence-corrected chi connectivity index (χ0v) is 18.2. The lowest BCUT2D eigenvalue weighted by Crippen LogP contribution is -2.34. The first-order chi connectivity index (χ1) is 15.0. The van der Waals surface area contributed by atoms with E-state index < -0.39 is 0 Å². The number of rotatable bonds is 7. The van der Waals surface area contributed by atoms with Gasteiger partial charge >= 0.3 is 0 Å². The Hall–Kier alpha value is -3.35. The first-order valence-corrected chi connectivity index (χ1v) is 10.7. The summed E-state index contributed by atoms with van der Waals surface area (Å²) in [5.41, 5.74) is 2.61. The molecule has 1 aliphatic rings. The Morgan fingerprint density at radius 1 is 1.13 bits per heavy atom. The van der Waals surface area contributed by atoms with Crippen LogP contribution in [0.3, 0.4) is 0 Å². The van der Waals surface area contributed by atoms with E-state index in [1.165, 1.54) is 0 Å². The molecule has 1 atom stereocenters. The molecular weight excluding hydrogens is 392 g/mol. The third-order valence-electron chi connectivity index (χ3n) is 5.97. The molecule has 2 aromatic carbocycles. The van der Waals surface area contributed by atoms with E-state index in [1.54, 1.807) is 12.0 Å². The molecule has 0 radical (unpaired) electrons. The molecule has 31 heavy (non-hydrogen) atoms. The number of hydrogen-bond acceptors (Lipinski definition) is 4. The molecule has 0 spiro atoms. The second-order valence-corrected chi connectivity index (χ2v) is 7.71. The fraction of sp³-hybridized carbons (Fsp3) is 0.375. The Labute approximate surface area is 182 Å². The average Bonchev–Trinajstić information content (AvgIpc) is 3.35. The third kappa shape index (κ3) is 4.00. The van der Waals surface area contributed by atoms with E-state index in [4.69, 9.17) is 9.72 Å². The van der Waals surface area contributed by atoms with E-state index in [0.29, 0.717) is 26.1 Å². The van der Waals surface area contributed by atoms with Crippen LogP contribution >= 0.6 is 0 Å². The highest BCUT2D eigenvalue weighted by Gasteiger charge is 2.35. The highest BCUT2D eigenvalue weighted by atomic mass is 16.5. The van der Waals surface area contributed by atoms with Gasteiger partial charge in [0.25, 0.3) is 0 Å². The summed E-state index contributed by atoms with van der Waals surface area (Å²) < 4.78 is 7.21. The summed E-state index contributed by atoms with van der Waals surface area (Å²) >= 11 is 0. The Morgan fingerprint density at radius 2 is 1.84 bits per heavy atom. The Kier molecular flexibility index (Phi) is 5.93. The minimum absolute atomic E-state index is 0.0591. The second-order valence-electron chi connectivity index (χ2n) is 7.71. The Balaban J connectivity index is 1.66. The fourth-order valence-corrected chi connectivity index (χ4v) is 4.28. The summed E-state index contributed by atoms with van der Waals surface area (Å²) in [6.07, 6.45) is 0.370. The molecule has 0 aliphatic carbocycles. The van der Waals surface area contributed by atoms with Crippen molar-refractivity contribution in [3.8, 4) is 5.75 Å². The number of carbonyl (C=O) groups excluding carboxylic acids is 2. The van der Waals surface area contributed by atoms with Crippen molar-refractivity contribution in [1.82, 2.24) is 14.5 Å². The standard InChI is InChI=1S/C24H28N4O3/c1-4-26(5-2)23(30)16-28-21-9-7-6-8-20(21)25-24(28)17-14-22(29)27(15-17)18-10-12-19(31-3)13-11-18/h6-13,17H,4-5,14-16H2,1-3H3/t17-/m0/s1. The number of ether oxygens (including phenoxy) is 1. The zero-order chi connectivity index (χ0) is 22.0. The van der Waals surface area contributed by atoms with Crippen molar-refractivity contribution in [1.29, 1.82) is 0 Å². The van der Waals surface area contributed by atoms with Crippen LogP contribution in [-0.2, 0) is 16.1 Å². The van der Waals surface area contributed by atoms with E-state index in [1.807, 2.05) is 71.8 Å². The Morgan fingerprint density at radius 3 is 2.52 bits per heavy atom. The third-order valence-corrected chi connectivity index (χ3v) is 5.97. The van der Waals surface area contributed by atoms with Crippen LogP contribution in [0.25, 0.3) is 11.0 Å². The molecule has 1 aromatic heterocycles. The molecule has 0 unspecified atom stereocenters. The molecule has 7 nitrogen and oxygen atoms in total. The smallest absolute Gasteiger partial charge is 0.242 e. The molecule has 4 rings (SSSR count). The van der Waals surface area contributed by atoms with Crippen LogP contribution in [-0.4, -0.2) is 53.0 Å². The largest absolute Gasteiger partial charge is 0.497 e. The van der Waals surface area contributed by atoms with E-state index in [-0.39, 0.29) is 24.3 Å². The van der Waals surface area contributed by atoms with Crippen molar-refractivity contribution < 1.29 is 14.3 Å². The summed E-state index contributed by atoms with van der Waals surface area (Å²) in [6.45, 7) is 6.07. The lowest BCUT2D eigenvalue weighted by molar-refractivity contribution is -0.131. The van der Waals surface area contributed by atoms with E-state index in [0.717, 1.165) is 28.3 Å². The number of carbonyl (C=O) groups is 2. The van der Waals surface area contributed by atoms with Crippen molar-refractivity contribution in [2.75, 3.05) is 31.6 Å². The minimum atomic E-state index is -0.0773. The highest BCUT2D eigenvalue weighted by molar-refractivity contribution is 5.96. The monoisotopic (exact) mass is 420 g/mol. The molecule has 1 aliphatic heterocycles. The van der Waals surface area contributed by atoms with Gasteiger partial charge in [0.15, 0.2) is 0 Å². The van der Waals surface area contributed by atoms with Gasteiger partial charge in [-0.2, -0.15) is 0 Å². The summed E-state index contributed by atoms with van der Waals surface area (Å²) in [6, 6.07) is 15.3. The Bertz CT molecular complexity index is 1090. The van der Waals surface area contributed by atoms with Crippen molar-refractivity contribution in [3.05, 3.63) is 54.4 Å². The zero-order valence-electron chi connectivity index (χ0n) is 18.2. The van der Waals surface area contributed by atoms with Crippen LogP contribution in [0.4, 0.5) is 5.69 Å². The topological polar surface area (TPSA) is 67.7 Å². The molecule has 162 valence electrons. The second kappa shape index (κ2) is 8.79. The number of aromatic nitrogens is 2. The summed E-state index contributed by atoms with van der Waals surface area (Å²) in [4.78, 5) is 34.2. The van der Waals surface area contributed by atoms with Crippen LogP contribution in [0, 0.1) is 0 Å². The maximum Gasteiger partial charge on any atom is 0.242 e. The molecule has 1 fully saturated rings. The van der Waals surface area contributed by atoms with Gasteiger partial charge in [0.05, 0.1) is 18.1 Å². The van der Waals surface area contributed by atoms with Crippen molar-refractivity contribution in [2.45, 2.75) is 32.7 Å². The minimum Gasteiger partial charge on any atom is -0.497 e. The van der Waals surface area contributed by atoms with E-state index in [2.05, 4.69) is 0 Å². The number of nitrogens with zero attached hydrogens (tertiary/aromatic N) is 4. The van der Waals surface area contributed by atoms with Gasteiger partial charge in [-0.25, -0.2) is 4.98 Å². The van der Waals surface area contributed by atoms with Gasteiger partial charge < -0.3 is 19.1 Å². The summed E-state index contributed by atoms with van der Waals surface area (Å²) in [5.74, 6) is 1.59. The number of likely N-dealkylation sites (N-methyl/N-ethyl adjacent to an activating group) is 1. The van der Waals surface area contributed by atoms with Crippen molar-refractivity contribution >= 4 is 28.5 Å². The van der Waals surface area contributed by atoms with Crippen molar-refractivity contribution in [2.24, 2.45) is 0 Å². The number of benzene rings is 2. The fourth-order valence-electron chi connectivity index (χ4n) is 4.28. The van der Waals surface area contributed by atoms with Gasteiger partial charge in [-0.1, -0.05) is 12.1 Å². The highest BCUT2D eigenvalue weighted by Crippen LogP contribution is 2.33. The predicted octanol–water partition coefficient (Wildman–Crippen LogP) is 3.43. The van der Waals surface area contributed by atoms with E-state index >= 15 is 0 Å². The normalized spacial score (nSPS) is 16.2. The van der Waals surface area contributed by atoms with Crippen molar-refractivity contribution in [3.63, 3.8) is 0 Å². The molecular formula is C24H28N4O3. The van der Waals surface area contributed by atoms with Gasteiger partial charge in [0, 0.05) is 37.7 Å². The average molecular weight is 421 g/mol. The molecule has 0 bridgehead atoms. The molecule has 0 saturated carbocycles. The number of anilines is 1. The van der Waals surface area contributed by atoms with Gasteiger partial charge in [-0.05, 0) is 50.2 Å². The van der Waals surface area contributed by atoms with Gasteiger partial charge in [0.2, 0.25) is 11.8 Å². The molecule has 0 N–H and O–H groups in total. The van der Waals surface area contributed by atoms with Crippen LogP contribution in [0.1, 0.15) is 32.0 Å².